The van der Waals surface area contributed by atoms with Crippen molar-refractivity contribution in [2.45, 2.75) is 32.9 Å². The van der Waals surface area contributed by atoms with Gasteiger partial charge in [-0.05, 0) is 37.6 Å². The summed E-state index contributed by atoms with van der Waals surface area (Å²) in [6.45, 7) is 4.32. The van der Waals surface area contributed by atoms with E-state index in [1.54, 1.807) is 12.1 Å². The topological polar surface area (TPSA) is 115 Å². The number of nitrogens with zero attached hydrogens (tertiary/aromatic N) is 1. The summed E-state index contributed by atoms with van der Waals surface area (Å²) in [5, 5.41) is 12.8. The minimum absolute atomic E-state index is 0.0220. The lowest BCUT2D eigenvalue weighted by molar-refractivity contribution is 0.0701. The lowest BCUT2D eigenvalue weighted by Gasteiger charge is -2.15. The molecule has 2 aromatic carbocycles. The molecule has 0 atom stereocenters. The zero-order chi connectivity index (χ0) is 21.7. The number of aromatic carboxylic acids is 1. The van der Waals surface area contributed by atoms with Gasteiger partial charge >= 0.3 is 5.97 Å². The Balaban J connectivity index is 1.81. The predicted molar refractivity (Wildman–Crippen MR) is 117 cm³/mol. The van der Waals surface area contributed by atoms with Crippen LogP contribution in [0.5, 0.6) is 5.75 Å². The fourth-order valence-electron chi connectivity index (χ4n) is 2.83. The van der Waals surface area contributed by atoms with E-state index in [1.807, 2.05) is 44.2 Å². The summed E-state index contributed by atoms with van der Waals surface area (Å²) in [6, 6.07) is 12.8. The van der Waals surface area contributed by atoms with Gasteiger partial charge in [-0.3, -0.25) is 4.79 Å². The smallest absolute Gasteiger partial charge is 0.347 e. The monoisotopic (exact) mass is 425 g/mol. The SMILES string of the molecule is CC(C)Oc1cc(NCc2ccccc2N)cc(C(=O)Cc2ncc(C(=O)O)s2)c1. The number of nitrogens with two attached hydrogens (primary N) is 1. The number of ether oxygens (including phenoxy) is 1. The second kappa shape index (κ2) is 9.41. The van der Waals surface area contributed by atoms with Crippen LogP contribution in [-0.2, 0) is 13.0 Å². The number of aromatic nitrogens is 1. The Bertz CT molecular complexity index is 1060. The molecule has 3 rings (SSSR count). The lowest BCUT2D eigenvalue weighted by atomic mass is 10.1. The molecule has 0 bridgehead atoms. The fourth-order valence-corrected chi connectivity index (χ4v) is 3.58. The third kappa shape index (κ3) is 5.57. The van der Waals surface area contributed by atoms with Gasteiger partial charge in [0.2, 0.25) is 0 Å². The molecule has 0 aliphatic carbocycles. The van der Waals surface area contributed by atoms with Crippen LogP contribution in [0.4, 0.5) is 11.4 Å². The maximum Gasteiger partial charge on any atom is 0.347 e. The van der Waals surface area contributed by atoms with E-state index in [1.165, 1.54) is 6.20 Å². The maximum absolute atomic E-state index is 12.8. The van der Waals surface area contributed by atoms with E-state index < -0.39 is 5.97 Å². The van der Waals surface area contributed by atoms with E-state index >= 15 is 0 Å². The van der Waals surface area contributed by atoms with Crippen molar-refractivity contribution in [1.82, 2.24) is 4.98 Å². The first kappa shape index (κ1) is 21.3. The molecule has 0 aliphatic rings. The molecular weight excluding hydrogens is 402 g/mol. The summed E-state index contributed by atoms with van der Waals surface area (Å²) in [5.74, 6) is -0.646. The first-order chi connectivity index (χ1) is 14.3. The molecule has 0 amide bonds. The Morgan fingerprint density at radius 3 is 2.67 bits per heavy atom. The maximum atomic E-state index is 12.8. The van der Waals surface area contributed by atoms with Crippen molar-refractivity contribution < 1.29 is 19.4 Å². The number of nitrogen functional groups attached to an aromatic ring is 1. The summed E-state index contributed by atoms with van der Waals surface area (Å²) in [7, 11) is 0. The van der Waals surface area contributed by atoms with Crippen LogP contribution in [0.1, 0.15) is 44.4 Å². The van der Waals surface area contributed by atoms with Crippen LogP contribution in [0.3, 0.4) is 0 Å². The van der Waals surface area contributed by atoms with Gasteiger partial charge in [0, 0.05) is 29.5 Å². The van der Waals surface area contributed by atoms with Crippen molar-refractivity contribution in [2.24, 2.45) is 0 Å². The van der Waals surface area contributed by atoms with Gasteiger partial charge in [-0.25, -0.2) is 9.78 Å². The molecule has 3 aromatic rings. The number of hydrogen-bond donors (Lipinski definition) is 3. The number of para-hydroxylation sites is 1. The van der Waals surface area contributed by atoms with Gasteiger partial charge in [0.25, 0.3) is 0 Å². The Kier molecular flexibility index (Phi) is 6.68. The van der Waals surface area contributed by atoms with Crippen LogP contribution in [0.25, 0.3) is 0 Å². The van der Waals surface area contributed by atoms with Crippen LogP contribution in [0.2, 0.25) is 0 Å². The van der Waals surface area contributed by atoms with Crippen molar-refractivity contribution in [2.75, 3.05) is 11.1 Å². The molecule has 156 valence electrons. The van der Waals surface area contributed by atoms with E-state index in [-0.39, 0.29) is 23.2 Å². The number of thiazole rings is 1. The molecule has 0 saturated carbocycles. The summed E-state index contributed by atoms with van der Waals surface area (Å²) in [4.78, 5) is 28.0. The minimum Gasteiger partial charge on any atom is -0.491 e. The highest BCUT2D eigenvalue weighted by Gasteiger charge is 2.15. The van der Waals surface area contributed by atoms with Gasteiger partial charge < -0.3 is 20.9 Å². The molecule has 1 heterocycles. The van der Waals surface area contributed by atoms with Gasteiger partial charge in [-0.1, -0.05) is 18.2 Å². The molecular formula is C22H23N3O4S. The van der Waals surface area contributed by atoms with Gasteiger partial charge in [0.1, 0.15) is 15.6 Å². The van der Waals surface area contributed by atoms with Crippen LogP contribution < -0.4 is 15.8 Å². The highest BCUT2D eigenvalue weighted by molar-refractivity contribution is 7.13. The van der Waals surface area contributed by atoms with Crippen molar-refractivity contribution in [3.05, 3.63) is 69.7 Å². The largest absolute Gasteiger partial charge is 0.491 e. The number of carbonyl (C=O) groups is 2. The Labute approximate surface area is 178 Å². The molecule has 0 fully saturated rings. The van der Waals surface area contributed by atoms with E-state index in [9.17, 15) is 9.59 Å². The molecule has 0 saturated heterocycles. The predicted octanol–water partition coefficient (Wildman–Crippen LogP) is 4.25. The van der Waals surface area contributed by atoms with Crippen LogP contribution in [0, 0.1) is 0 Å². The van der Waals surface area contributed by atoms with Crippen molar-refractivity contribution >= 4 is 34.5 Å². The Morgan fingerprint density at radius 1 is 1.23 bits per heavy atom. The standard InChI is InChI=1S/C22H23N3O4S/c1-13(2)29-17-8-15(19(26)10-21-25-12-20(30-21)22(27)28)7-16(9-17)24-11-14-5-3-4-6-18(14)23/h3-9,12-13,24H,10-11,23H2,1-2H3,(H,27,28). The quantitative estimate of drug-likeness (QED) is 0.347. The minimum atomic E-state index is -1.05. The van der Waals surface area contributed by atoms with Crippen LogP contribution >= 0.6 is 11.3 Å². The molecule has 30 heavy (non-hydrogen) atoms. The number of rotatable bonds is 9. The average Bonchev–Trinajstić information content (AvgIpc) is 3.15. The normalized spacial score (nSPS) is 10.8. The van der Waals surface area contributed by atoms with Crippen LogP contribution in [-0.4, -0.2) is 27.9 Å². The van der Waals surface area contributed by atoms with E-state index in [0.29, 0.717) is 28.6 Å². The Hall–Kier alpha value is -3.39. The number of benzene rings is 2. The molecule has 0 unspecified atom stereocenters. The highest BCUT2D eigenvalue weighted by atomic mass is 32.1. The van der Waals surface area contributed by atoms with E-state index in [0.717, 1.165) is 22.6 Å². The summed E-state index contributed by atoms with van der Waals surface area (Å²) in [5.41, 5.74) is 8.83. The number of carboxylic acids is 1. The number of ketones is 1. The second-order valence-electron chi connectivity index (χ2n) is 6.99. The number of carboxylic acid groups (broad SMARTS) is 1. The Morgan fingerprint density at radius 2 is 2.00 bits per heavy atom. The molecule has 0 radical (unpaired) electrons. The van der Waals surface area contributed by atoms with Gasteiger partial charge in [0.05, 0.1) is 18.7 Å². The molecule has 1 aromatic heterocycles. The molecule has 7 nitrogen and oxygen atoms in total. The average molecular weight is 426 g/mol. The van der Waals surface area contributed by atoms with Gasteiger partial charge in [0.15, 0.2) is 5.78 Å². The lowest BCUT2D eigenvalue weighted by Crippen LogP contribution is -2.10. The van der Waals surface area contributed by atoms with Crippen molar-refractivity contribution in [3.8, 4) is 5.75 Å². The zero-order valence-corrected chi connectivity index (χ0v) is 17.5. The first-order valence-electron chi connectivity index (χ1n) is 9.42. The third-order valence-corrected chi connectivity index (χ3v) is 5.20. The van der Waals surface area contributed by atoms with Crippen molar-refractivity contribution in [1.29, 1.82) is 0 Å². The van der Waals surface area contributed by atoms with Gasteiger partial charge in [-0.15, -0.1) is 11.3 Å². The second-order valence-corrected chi connectivity index (χ2v) is 8.10. The van der Waals surface area contributed by atoms with Gasteiger partial charge in [-0.2, -0.15) is 0 Å². The van der Waals surface area contributed by atoms with Crippen molar-refractivity contribution in [3.63, 3.8) is 0 Å². The van der Waals surface area contributed by atoms with Crippen LogP contribution in [0.15, 0.2) is 48.7 Å². The number of nitrogens with one attached hydrogen (secondary N) is 1. The number of carbonyl (C=O) groups excluding carboxylic acids is 1. The molecule has 8 heteroatoms. The van der Waals surface area contributed by atoms with E-state index in [2.05, 4.69) is 10.3 Å². The summed E-state index contributed by atoms with van der Waals surface area (Å²) in [6.07, 6.45) is 1.24. The number of Topliss-reactive ketones (excluding diaryl/α,β-unsaturated/α-hetero) is 1. The number of hydrogen-bond acceptors (Lipinski definition) is 7. The van der Waals surface area contributed by atoms with E-state index in [4.69, 9.17) is 15.6 Å². The number of anilines is 2. The highest BCUT2D eigenvalue weighted by Crippen LogP contribution is 2.25. The molecule has 0 spiro atoms. The summed E-state index contributed by atoms with van der Waals surface area (Å²) >= 11 is 1.000. The molecule has 4 N–H and O–H groups in total. The summed E-state index contributed by atoms with van der Waals surface area (Å²) < 4.78 is 5.80. The third-order valence-electron chi connectivity index (χ3n) is 4.21. The molecule has 0 aliphatic heterocycles. The fraction of sp³-hybridized carbons (Fsp3) is 0.227. The first-order valence-corrected chi connectivity index (χ1v) is 10.2. The zero-order valence-electron chi connectivity index (χ0n) is 16.7.